The highest BCUT2D eigenvalue weighted by Gasteiger charge is 2.12. The predicted octanol–water partition coefficient (Wildman–Crippen LogP) is 0.690. The molecular formula is C12H25IN4OS. The lowest BCUT2D eigenvalue weighted by Gasteiger charge is -2.27. The normalized spacial score (nSPS) is 22.1. The number of nitrogens with zero attached hydrogens (tertiary/aromatic N) is 3. The Morgan fingerprint density at radius 1 is 1.16 bits per heavy atom. The minimum atomic E-state index is 0. The van der Waals surface area contributed by atoms with Crippen LogP contribution in [0.5, 0.6) is 0 Å². The number of hydrogen-bond donors (Lipinski definition) is 1. The summed E-state index contributed by atoms with van der Waals surface area (Å²) >= 11 is 1.99. The van der Waals surface area contributed by atoms with Crippen molar-refractivity contribution in [1.29, 1.82) is 0 Å². The second kappa shape index (κ2) is 10.1. The van der Waals surface area contributed by atoms with Crippen molar-refractivity contribution in [1.82, 2.24) is 9.80 Å². The van der Waals surface area contributed by atoms with Crippen LogP contribution in [0.15, 0.2) is 4.99 Å². The van der Waals surface area contributed by atoms with Gasteiger partial charge in [-0.05, 0) is 6.42 Å². The minimum Gasteiger partial charge on any atom is -0.379 e. The molecule has 0 aromatic heterocycles. The first kappa shape index (κ1) is 17.3. The summed E-state index contributed by atoms with van der Waals surface area (Å²) in [6.45, 7) is 7.90. The van der Waals surface area contributed by atoms with Crippen LogP contribution in [0.2, 0.25) is 0 Å². The molecule has 0 aromatic carbocycles. The van der Waals surface area contributed by atoms with Crippen LogP contribution < -0.4 is 5.73 Å². The molecule has 2 heterocycles. The van der Waals surface area contributed by atoms with Gasteiger partial charge in [0, 0.05) is 50.8 Å². The van der Waals surface area contributed by atoms with Gasteiger partial charge in [-0.3, -0.25) is 9.89 Å². The van der Waals surface area contributed by atoms with Crippen LogP contribution in [-0.2, 0) is 4.74 Å². The Hall–Kier alpha value is 0.270. The maximum atomic E-state index is 6.00. The maximum Gasteiger partial charge on any atom is 0.191 e. The average Bonchev–Trinajstić information content (AvgIpc) is 2.45. The third kappa shape index (κ3) is 6.50. The minimum absolute atomic E-state index is 0. The largest absolute Gasteiger partial charge is 0.379 e. The number of ether oxygens (including phenoxy) is 1. The Morgan fingerprint density at radius 2 is 1.84 bits per heavy atom. The van der Waals surface area contributed by atoms with E-state index in [2.05, 4.69) is 14.8 Å². The standard InChI is InChI=1S/C12H24N4OS.HI/c13-12(16-6-10-18-11-7-16)14-2-1-3-15-4-8-17-9-5-15;/h1-11H2,(H2,13,14);1H. The topological polar surface area (TPSA) is 54.1 Å². The highest BCUT2D eigenvalue weighted by molar-refractivity contribution is 14.0. The van der Waals surface area contributed by atoms with Gasteiger partial charge in [-0.2, -0.15) is 11.8 Å². The first-order chi connectivity index (χ1) is 8.86. The molecule has 112 valence electrons. The second-order valence-corrected chi connectivity index (χ2v) is 5.87. The van der Waals surface area contributed by atoms with E-state index in [4.69, 9.17) is 10.5 Å². The van der Waals surface area contributed by atoms with E-state index in [0.29, 0.717) is 0 Å². The molecule has 7 heteroatoms. The van der Waals surface area contributed by atoms with Gasteiger partial charge < -0.3 is 15.4 Å². The quantitative estimate of drug-likeness (QED) is 0.326. The molecule has 2 fully saturated rings. The molecule has 0 bridgehead atoms. The molecule has 0 spiro atoms. The summed E-state index contributed by atoms with van der Waals surface area (Å²) in [6.07, 6.45) is 1.09. The molecule has 2 rings (SSSR count). The third-order valence-corrected chi connectivity index (χ3v) is 4.29. The lowest BCUT2D eigenvalue weighted by atomic mass is 10.3. The van der Waals surface area contributed by atoms with Crippen LogP contribution in [-0.4, -0.2) is 79.7 Å². The number of nitrogens with two attached hydrogens (primary N) is 1. The van der Waals surface area contributed by atoms with E-state index in [1.54, 1.807) is 0 Å². The van der Waals surface area contributed by atoms with E-state index in [9.17, 15) is 0 Å². The summed E-state index contributed by atoms with van der Waals surface area (Å²) in [6, 6.07) is 0. The van der Waals surface area contributed by atoms with Gasteiger partial charge in [-0.15, -0.1) is 24.0 Å². The van der Waals surface area contributed by atoms with Crippen molar-refractivity contribution < 1.29 is 4.74 Å². The Morgan fingerprint density at radius 3 is 2.53 bits per heavy atom. The van der Waals surface area contributed by atoms with Crippen LogP contribution in [0.3, 0.4) is 0 Å². The van der Waals surface area contributed by atoms with Gasteiger partial charge >= 0.3 is 0 Å². The molecule has 0 amide bonds. The lowest BCUT2D eigenvalue weighted by molar-refractivity contribution is 0.0377. The fraction of sp³-hybridized carbons (Fsp3) is 0.917. The van der Waals surface area contributed by atoms with Crippen molar-refractivity contribution in [3.63, 3.8) is 0 Å². The first-order valence-corrected chi connectivity index (χ1v) is 7.94. The molecule has 0 saturated carbocycles. The van der Waals surface area contributed by atoms with Gasteiger partial charge in [0.05, 0.1) is 13.2 Å². The van der Waals surface area contributed by atoms with Gasteiger partial charge in [-0.25, -0.2) is 0 Å². The predicted molar refractivity (Wildman–Crippen MR) is 92.7 cm³/mol. The Balaban J connectivity index is 0.00000180. The SMILES string of the molecule is I.NC(=NCCCN1CCOCC1)N1CCSCC1. The van der Waals surface area contributed by atoms with E-state index in [-0.39, 0.29) is 24.0 Å². The van der Waals surface area contributed by atoms with E-state index >= 15 is 0 Å². The zero-order valence-electron chi connectivity index (χ0n) is 11.4. The van der Waals surface area contributed by atoms with Gasteiger partial charge in [0.2, 0.25) is 0 Å². The number of guanidine groups is 1. The Kier molecular flexibility index (Phi) is 9.17. The van der Waals surface area contributed by atoms with Crippen LogP contribution in [0.1, 0.15) is 6.42 Å². The molecule has 2 aliphatic rings. The summed E-state index contributed by atoms with van der Waals surface area (Å²) < 4.78 is 5.33. The molecule has 0 radical (unpaired) electrons. The molecule has 5 nitrogen and oxygen atoms in total. The van der Waals surface area contributed by atoms with E-state index in [1.165, 1.54) is 11.5 Å². The summed E-state index contributed by atoms with van der Waals surface area (Å²) in [7, 11) is 0. The molecule has 0 unspecified atom stereocenters. The number of halogens is 1. The Bertz CT molecular complexity index is 268. The first-order valence-electron chi connectivity index (χ1n) is 6.79. The number of morpholine rings is 1. The van der Waals surface area contributed by atoms with Crippen LogP contribution in [0.25, 0.3) is 0 Å². The molecular weight excluding hydrogens is 375 g/mol. The van der Waals surface area contributed by atoms with Crippen molar-refractivity contribution in [3.05, 3.63) is 0 Å². The van der Waals surface area contributed by atoms with Crippen molar-refractivity contribution in [2.45, 2.75) is 6.42 Å². The summed E-state index contributed by atoms with van der Waals surface area (Å²) in [5.41, 5.74) is 6.00. The Labute approximate surface area is 137 Å². The summed E-state index contributed by atoms with van der Waals surface area (Å²) in [5, 5.41) is 0. The summed E-state index contributed by atoms with van der Waals surface area (Å²) in [5.74, 6) is 3.07. The molecule has 2 aliphatic heterocycles. The average molecular weight is 400 g/mol. The molecule has 0 aromatic rings. The molecule has 0 atom stereocenters. The number of rotatable bonds is 4. The zero-order chi connectivity index (χ0) is 12.6. The monoisotopic (exact) mass is 400 g/mol. The lowest BCUT2D eigenvalue weighted by Crippen LogP contribution is -2.42. The van der Waals surface area contributed by atoms with Crippen molar-refractivity contribution in [3.8, 4) is 0 Å². The van der Waals surface area contributed by atoms with Crippen molar-refractivity contribution in [2.75, 3.05) is 64.0 Å². The molecule has 2 saturated heterocycles. The van der Waals surface area contributed by atoms with E-state index in [0.717, 1.165) is 64.9 Å². The molecule has 19 heavy (non-hydrogen) atoms. The fourth-order valence-corrected chi connectivity index (χ4v) is 3.11. The molecule has 2 N–H and O–H groups in total. The van der Waals surface area contributed by atoms with Crippen LogP contribution in [0, 0.1) is 0 Å². The highest BCUT2D eigenvalue weighted by atomic mass is 127. The fourth-order valence-electron chi connectivity index (χ4n) is 2.21. The van der Waals surface area contributed by atoms with Gasteiger partial charge in [0.15, 0.2) is 5.96 Å². The number of aliphatic imine (C=N–C) groups is 1. The van der Waals surface area contributed by atoms with Crippen molar-refractivity contribution >= 4 is 41.7 Å². The van der Waals surface area contributed by atoms with E-state index < -0.39 is 0 Å². The van der Waals surface area contributed by atoms with Crippen molar-refractivity contribution in [2.24, 2.45) is 10.7 Å². The smallest absolute Gasteiger partial charge is 0.191 e. The van der Waals surface area contributed by atoms with Gasteiger partial charge in [0.25, 0.3) is 0 Å². The highest BCUT2D eigenvalue weighted by Crippen LogP contribution is 2.08. The number of hydrogen-bond acceptors (Lipinski definition) is 4. The molecule has 0 aliphatic carbocycles. The zero-order valence-corrected chi connectivity index (χ0v) is 14.6. The van der Waals surface area contributed by atoms with Crippen LogP contribution in [0.4, 0.5) is 0 Å². The van der Waals surface area contributed by atoms with Gasteiger partial charge in [-0.1, -0.05) is 0 Å². The third-order valence-electron chi connectivity index (χ3n) is 3.35. The maximum absolute atomic E-state index is 6.00. The number of thioether (sulfide) groups is 1. The second-order valence-electron chi connectivity index (χ2n) is 4.65. The van der Waals surface area contributed by atoms with Crippen LogP contribution >= 0.6 is 35.7 Å². The van der Waals surface area contributed by atoms with E-state index in [1.807, 2.05) is 11.8 Å². The van der Waals surface area contributed by atoms with Gasteiger partial charge in [0.1, 0.15) is 0 Å². The summed E-state index contributed by atoms with van der Waals surface area (Å²) in [4.78, 5) is 9.12.